The lowest BCUT2D eigenvalue weighted by Crippen LogP contribution is -2.15. The van der Waals surface area contributed by atoms with Crippen LogP contribution in [0.4, 0.5) is 13.2 Å². The number of rotatable bonds is 2. The Hall–Kier alpha value is -1.15. The molecule has 1 aromatic rings. The van der Waals surface area contributed by atoms with Gasteiger partial charge in [-0.3, -0.25) is 0 Å². The lowest BCUT2D eigenvalue weighted by atomic mass is 10.3. The van der Waals surface area contributed by atoms with Crippen molar-refractivity contribution in [3.8, 4) is 0 Å². The van der Waals surface area contributed by atoms with Crippen molar-refractivity contribution in [1.82, 2.24) is 4.98 Å². The summed E-state index contributed by atoms with van der Waals surface area (Å²) in [7, 11) is -4.30. The summed E-state index contributed by atoms with van der Waals surface area (Å²) < 4.78 is 58.4. The van der Waals surface area contributed by atoms with Crippen molar-refractivity contribution in [2.24, 2.45) is 5.14 Å². The van der Waals surface area contributed by atoms with Crippen molar-refractivity contribution < 1.29 is 21.6 Å². The second-order valence-corrected chi connectivity index (χ2v) is 3.92. The average Bonchev–Trinajstić information content (AvgIpc) is 2.01. The fraction of sp³-hybridized carbons (Fsp3) is 0.167. The normalized spacial score (nSPS) is 12.1. The zero-order chi connectivity index (χ0) is 10.9. The van der Waals surface area contributed by atoms with Crippen LogP contribution in [-0.2, 0) is 10.0 Å². The molecule has 1 rings (SSSR count). The predicted octanol–water partition coefficient (Wildman–Crippen LogP) is 0.806. The van der Waals surface area contributed by atoms with E-state index in [2.05, 4.69) is 10.1 Å². The third-order valence-electron chi connectivity index (χ3n) is 1.41. The second kappa shape index (κ2) is 3.54. The number of pyridine rings is 1. The zero-order valence-electron chi connectivity index (χ0n) is 6.62. The molecule has 78 valence electrons. The van der Waals surface area contributed by atoms with Crippen LogP contribution >= 0.6 is 0 Å². The number of hydrogen-bond donors (Lipinski definition) is 1. The molecule has 0 aliphatic carbocycles. The minimum atomic E-state index is -4.30. The summed E-state index contributed by atoms with van der Waals surface area (Å²) in [5.41, 5.74) is -0.986. The number of sulfonamides is 1. The molecule has 2 N–H and O–H groups in total. The van der Waals surface area contributed by atoms with Gasteiger partial charge in [0.1, 0.15) is 4.90 Å². The highest BCUT2D eigenvalue weighted by Crippen LogP contribution is 2.25. The molecule has 0 spiro atoms. The Kier molecular flexibility index (Phi) is 2.76. The third-order valence-corrected chi connectivity index (χ3v) is 2.36. The first-order valence-electron chi connectivity index (χ1n) is 3.29. The largest absolute Gasteiger partial charge is 0.265 e. The Balaban J connectivity index is 3.45. The number of nitrogens with two attached hydrogens (primary N) is 1. The number of halogens is 3. The maximum Gasteiger partial charge on any atom is 0.265 e. The van der Waals surface area contributed by atoms with Crippen molar-refractivity contribution in [1.29, 1.82) is 0 Å². The molecule has 0 saturated heterocycles. The second-order valence-electron chi connectivity index (χ2n) is 2.39. The fourth-order valence-corrected chi connectivity index (χ4v) is 1.52. The van der Waals surface area contributed by atoms with E-state index in [1.54, 1.807) is 0 Å². The number of aromatic nitrogens is 1. The van der Waals surface area contributed by atoms with E-state index in [9.17, 15) is 21.6 Å². The fourth-order valence-electron chi connectivity index (χ4n) is 0.840. The molecule has 0 fully saturated rings. The Labute approximate surface area is 77.6 Å². The molecule has 1 heterocycles. The van der Waals surface area contributed by atoms with E-state index in [1.165, 1.54) is 0 Å². The van der Waals surface area contributed by atoms with Crippen LogP contribution in [0.25, 0.3) is 0 Å². The molecule has 1 aromatic heterocycles. The molecule has 0 unspecified atom stereocenters. The van der Waals surface area contributed by atoms with Crippen LogP contribution in [0.3, 0.4) is 0 Å². The molecule has 0 saturated carbocycles. The van der Waals surface area contributed by atoms with Gasteiger partial charge in [0.15, 0.2) is 0 Å². The quantitative estimate of drug-likeness (QED) is 0.758. The smallest absolute Gasteiger partial charge is 0.227 e. The predicted molar refractivity (Wildman–Crippen MR) is 40.5 cm³/mol. The Morgan fingerprint density at radius 2 is 2.00 bits per heavy atom. The van der Waals surface area contributed by atoms with Crippen molar-refractivity contribution in [2.45, 2.75) is 11.3 Å². The molecule has 0 amide bonds. The third kappa shape index (κ3) is 2.20. The van der Waals surface area contributed by atoms with E-state index in [0.29, 0.717) is 12.3 Å². The summed E-state index contributed by atoms with van der Waals surface area (Å²) in [5, 5.41) is 4.62. The topological polar surface area (TPSA) is 73.1 Å². The van der Waals surface area contributed by atoms with Gasteiger partial charge in [-0.25, -0.2) is 27.3 Å². The van der Waals surface area contributed by atoms with Crippen LogP contribution in [0, 0.1) is 5.95 Å². The van der Waals surface area contributed by atoms with Crippen LogP contribution < -0.4 is 5.14 Å². The van der Waals surface area contributed by atoms with E-state index >= 15 is 0 Å². The molecule has 0 radical (unpaired) electrons. The summed E-state index contributed by atoms with van der Waals surface area (Å²) in [6.07, 6.45) is -2.66. The highest BCUT2D eigenvalue weighted by Gasteiger charge is 2.21. The lowest BCUT2D eigenvalue weighted by Gasteiger charge is -2.05. The molecule has 0 bridgehead atoms. The van der Waals surface area contributed by atoms with Crippen molar-refractivity contribution in [3.05, 3.63) is 23.8 Å². The summed E-state index contributed by atoms with van der Waals surface area (Å²) in [6.45, 7) is 0. The van der Waals surface area contributed by atoms with Gasteiger partial charge in [-0.2, -0.15) is 4.39 Å². The first-order chi connectivity index (χ1) is 6.32. The minimum Gasteiger partial charge on any atom is -0.227 e. The van der Waals surface area contributed by atoms with E-state index in [0.717, 1.165) is 0 Å². The SMILES string of the molecule is NS(=O)(=O)c1cnc(F)cc1C(F)F. The van der Waals surface area contributed by atoms with Crippen molar-refractivity contribution in [3.63, 3.8) is 0 Å². The summed E-state index contributed by atoms with van der Waals surface area (Å²) in [6, 6.07) is 0.338. The van der Waals surface area contributed by atoms with Gasteiger partial charge in [0, 0.05) is 11.6 Å². The van der Waals surface area contributed by atoms with Gasteiger partial charge in [0.05, 0.1) is 6.20 Å². The number of nitrogens with zero attached hydrogens (tertiary/aromatic N) is 1. The van der Waals surface area contributed by atoms with Crippen LogP contribution in [0.1, 0.15) is 12.0 Å². The van der Waals surface area contributed by atoms with Crippen LogP contribution in [0.5, 0.6) is 0 Å². The van der Waals surface area contributed by atoms with Gasteiger partial charge in [-0.05, 0) is 0 Å². The maximum atomic E-state index is 12.4. The van der Waals surface area contributed by atoms with Gasteiger partial charge in [-0.15, -0.1) is 0 Å². The van der Waals surface area contributed by atoms with Gasteiger partial charge >= 0.3 is 0 Å². The van der Waals surface area contributed by atoms with Crippen molar-refractivity contribution >= 4 is 10.0 Å². The Morgan fingerprint density at radius 1 is 1.43 bits per heavy atom. The van der Waals surface area contributed by atoms with Crippen LogP contribution in [-0.4, -0.2) is 13.4 Å². The Bertz CT molecular complexity index is 446. The zero-order valence-corrected chi connectivity index (χ0v) is 7.43. The van der Waals surface area contributed by atoms with E-state index in [-0.39, 0.29) is 0 Å². The molecule has 0 aliphatic rings. The number of hydrogen-bond acceptors (Lipinski definition) is 3. The highest BCUT2D eigenvalue weighted by molar-refractivity contribution is 7.89. The van der Waals surface area contributed by atoms with Gasteiger partial charge in [0.2, 0.25) is 16.0 Å². The van der Waals surface area contributed by atoms with E-state index in [1.807, 2.05) is 0 Å². The minimum absolute atomic E-state index is 0.338. The summed E-state index contributed by atoms with van der Waals surface area (Å²) in [5.74, 6) is -1.19. The summed E-state index contributed by atoms with van der Waals surface area (Å²) >= 11 is 0. The molecule has 4 nitrogen and oxygen atoms in total. The number of alkyl halides is 2. The maximum absolute atomic E-state index is 12.4. The molecule has 0 atom stereocenters. The molecular weight excluding hydrogens is 221 g/mol. The standard InChI is InChI=1S/C6H5F3N2O2S/c7-5-1-3(6(8)9)4(2-11-5)14(10,12)13/h1-2,6H,(H2,10,12,13). The first kappa shape index (κ1) is 10.9. The molecule has 8 heteroatoms. The lowest BCUT2D eigenvalue weighted by molar-refractivity contribution is 0.147. The molecule has 0 aromatic carbocycles. The molecular formula is C6H5F3N2O2S. The Morgan fingerprint density at radius 3 is 2.43 bits per heavy atom. The monoisotopic (exact) mass is 226 g/mol. The number of primary sulfonamides is 1. The first-order valence-corrected chi connectivity index (χ1v) is 4.83. The average molecular weight is 226 g/mol. The van der Waals surface area contributed by atoms with Gasteiger partial charge in [0.25, 0.3) is 6.43 Å². The van der Waals surface area contributed by atoms with Crippen molar-refractivity contribution in [2.75, 3.05) is 0 Å². The van der Waals surface area contributed by atoms with Crippen LogP contribution in [0.15, 0.2) is 17.2 Å². The van der Waals surface area contributed by atoms with Crippen LogP contribution in [0.2, 0.25) is 0 Å². The summed E-state index contributed by atoms with van der Waals surface area (Å²) in [4.78, 5) is 2.06. The van der Waals surface area contributed by atoms with Gasteiger partial charge < -0.3 is 0 Å². The van der Waals surface area contributed by atoms with E-state index in [4.69, 9.17) is 0 Å². The molecule has 14 heavy (non-hydrogen) atoms. The van der Waals surface area contributed by atoms with E-state index < -0.39 is 32.9 Å². The highest BCUT2D eigenvalue weighted by atomic mass is 32.2. The van der Waals surface area contributed by atoms with Gasteiger partial charge in [-0.1, -0.05) is 0 Å². The molecule has 0 aliphatic heterocycles.